The third-order valence-corrected chi connectivity index (χ3v) is 1.06. The van der Waals surface area contributed by atoms with Crippen LogP contribution in [0.3, 0.4) is 0 Å². The van der Waals surface area contributed by atoms with Crippen molar-refractivity contribution in [1.82, 2.24) is 0 Å². The second-order valence-corrected chi connectivity index (χ2v) is 1.98. The summed E-state index contributed by atoms with van der Waals surface area (Å²) >= 11 is 0. The molecule has 0 aromatic carbocycles. The maximum atomic E-state index is 5.61. The highest BCUT2D eigenvalue weighted by Crippen LogP contribution is 1.93. The zero-order chi connectivity index (χ0) is 6.41. The second kappa shape index (κ2) is 4.85. The molecule has 0 saturated carbocycles. The number of allylic oxidation sites excluding steroid dienone is 1. The van der Waals surface area contributed by atoms with Crippen molar-refractivity contribution in [2.24, 2.45) is 5.73 Å². The lowest BCUT2D eigenvalue weighted by Gasteiger charge is -2.00. The molecule has 0 fully saturated rings. The molecule has 0 aliphatic rings. The van der Waals surface area contributed by atoms with Crippen LogP contribution in [-0.4, -0.2) is 6.04 Å². The number of hydrogen-bond donors (Lipinski definition) is 1. The minimum absolute atomic E-state index is 0.282. The van der Waals surface area contributed by atoms with Gasteiger partial charge in [0, 0.05) is 6.04 Å². The van der Waals surface area contributed by atoms with Crippen LogP contribution in [0.1, 0.15) is 26.7 Å². The summed E-state index contributed by atoms with van der Waals surface area (Å²) in [4.78, 5) is 0. The van der Waals surface area contributed by atoms with Gasteiger partial charge in [0.1, 0.15) is 0 Å². The third-order valence-electron chi connectivity index (χ3n) is 1.06. The Morgan fingerprint density at radius 3 is 2.62 bits per heavy atom. The van der Waals surface area contributed by atoms with Gasteiger partial charge in [-0.2, -0.15) is 0 Å². The Hall–Kier alpha value is -0.300. The zero-order valence-corrected chi connectivity index (χ0v) is 5.72. The van der Waals surface area contributed by atoms with Crippen LogP contribution >= 0.6 is 0 Å². The Balaban J connectivity index is 3.17. The van der Waals surface area contributed by atoms with Gasteiger partial charge in [-0.15, -0.1) is 0 Å². The molecule has 1 unspecified atom stereocenters. The van der Waals surface area contributed by atoms with Crippen LogP contribution in [0.15, 0.2) is 12.2 Å². The molecule has 0 aromatic heterocycles. The summed E-state index contributed by atoms with van der Waals surface area (Å²) in [5, 5.41) is 0. The number of rotatable bonds is 3. The standard InChI is InChI=1S/C7H15N/c1-3-5-7(8)6-4-2/h3,5,7H,4,6,8H2,1-2H3/b5-3+. The van der Waals surface area contributed by atoms with Gasteiger partial charge in [-0.25, -0.2) is 0 Å². The van der Waals surface area contributed by atoms with Gasteiger partial charge < -0.3 is 5.73 Å². The summed E-state index contributed by atoms with van der Waals surface area (Å²) < 4.78 is 0. The molecular weight excluding hydrogens is 98.1 g/mol. The average Bonchev–Trinajstić information content (AvgIpc) is 1.68. The van der Waals surface area contributed by atoms with E-state index in [4.69, 9.17) is 5.73 Å². The molecule has 8 heavy (non-hydrogen) atoms. The average molecular weight is 113 g/mol. The largest absolute Gasteiger partial charge is 0.324 e. The summed E-state index contributed by atoms with van der Waals surface area (Å²) in [6.07, 6.45) is 6.31. The van der Waals surface area contributed by atoms with E-state index in [0.717, 1.165) is 6.42 Å². The molecule has 48 valence electrons. The summed E-state index contributed by atoms with van der Waals surface area (Å²) in [5.74, 6) is 0. The fourth-order valence-electron chi connectivity index (χ4n) is 0.677. The minimum Gasteiger partial charge on any atom is -0.324 e. The molecule has 0 aromatic rings. The van der Waals surface area contributed by atoms with Crippen LogP contribution in [0.2, 0.25) is 0 Å². The number of nitrogens with two attached hydrogens (primary N) is 1. The van der Waals surface area contributed by atoms with Gasteiger partial charge in [0.05, 0.1) is 0 Å². The fraction of sp³-hybridized carbons (Fsp3) is 0.714. The minimum atomic E-state index is 0.282. The van der Waals surface area contributed by atoms with Gasteiger partial charge in [0.25, 0.3) is 0 Å². The molecule has 0 rings (SSSR count). The highest BCUT2D eigenvalue weighted by molar-refractivity contribution is 4.87. The topological polar surface area (TPSA) is 26.0 Å². The van der Waals surface area contributed by atoms with E-state index in [1.165, 1.54) is 6.42 Å². The molecule has 2 N–H and O–H groups in total. The Morgan fingerprint density at radius 2 is 2.25 bits per heavy atom. The monoisotopic (exact) mass is 113 g/mol. The first-order chi connectivity index (χ1) is 3.81. The molecule has 0 radical (unpaired) electrons. The first kappa shape index (κ1) is 7.70. The summed E-state index contributed by atoms with van der Waals surface area (Å²) in [6.45, 7) is 4.14. The van der Waals surface area contributed by atoms with Crippen molar-refractivity contribution >= 4 is 0 Å². The molecule has 1 atom stereocenters. The van der Waals surface area contributed by atoms with Crippen LogP contribution in [0.5, 0.6) is 0 Å². The van der Waals surface area contributed by atoms with Crippen molar-refractivity contribution in [3.63, 3.8) is 0 Å². The van der Waals surface area contributed by atoms with Crippen LogP contribution in [-0.2, 0) is 0 Å². The van der Waals surface area contributed by atoms with E-state index in [9.17, 15) is 0 Å². The van der Waals surface area contributed by atoms with Crippen LogP contribution in [0, 0.1) is 0 Å². The van der Waals surface area contributed by atoms with Crippen molar-refractivity contribution in [3.8, 4) is 0 Å². The number of hydrogen-bond acceptors (Lipinski definition) is 1. The van der Waals surface area contributed by atoms with Crippen molar-refractivity contribution in [2.45, 2.75) is 32.7 Å². The molecule has 0 saturated heterocycles. The summed E-state index contributed by atoms with van der Waals surface area (Å²) in [7, 11) is 0. The Labute approximate surface area is 51.6 Å². The first-order valence-electron chi connectivity index (χ1n) is 3.19. The fourth-order valence-corrected chi connectivity index (χ4v) is 0.677. The summed E-state index contributed by atoms with van der Waals surface area (Å²) in [5.41, 5.74) is 5.61. The van der Waals surface area contributed by atoms with Crippen molar-refractivity contribution in [3.05, 3.63) is 12.2 Å². The van der Waals surface area contributed by atoms with E-state index in [1.54, 1.807) is 0 Å². The Bertz CT molecular complexity index is 66.8. The predicted molar refractivity (Wildman–Crippen MR) is 37.7 cm³/mol. The molecule has 1 heteroatoms. The first-order valence-corrected chi connectivity index (χ1v) is 3.19. The Kier molecular flexibility index (Phi) is 4.67. The third kappa shape index (κ3) is 3.88. The lowest BCUT2D eigenvalue weighted by atomic mass is 10.2. The van der Waals surface area contributed by atoms with Crippen molar-refractivity contribution in [2.75, 3.05) is 0 Å². The van der Waals surface area contributed by atoms with Crippen LogP contribution in [0.25, 0.3) is 0 Å². The molecule has 0 heterocycles. The van der Waals surface area contributed by atoms with Gasteiger partial charge in [0.2, 0.25) is 0 Å². The molecule has 0 aliphatic carbocycles. The molecule has 0 bridgehead atoms. The Morgan fingerprint density at radius 1 is 1.62 bits per heavy atom. The zero-order valence-electron chi connectivity index (χ0n) is 5.72. The van der Waals surface area contributed by atoms with E-state index in [0.29, 0.717) is 0 Å². The maximum absolute atomic E-state index is 5.61. The lowest BCUT2D eigenvalue weighted by molar-refractivity contribution is 0.703. The second-order valence-electron chi connectivity index (χ2n) is 1.98. The highest BCUT2D eigenvalue weighted by Gasteiger charge is 1.90. The molecule has 1 nitrogen and oxygen atoms in total. The van der Waals surface area contributed by atoms with E-state index < -0.39 is 0 Å². The van der Waals surface area contributed by atoms with E-state index in [2.05, 4.69) is 6.92 Å². The quantitative estimate of drug-likeness (QED) is 0.554. The van der Waals surface area contributed by atoms with Gasteiger partial charge in [0.15, 0.2) is 0 Å². The van der Waals surface area contributed by atoms with E-state index in [-0.39, 0.29) is 6.04 Å². The highest BCUT2D eigenvalue weighted by atomic mass is 14.6. The van der Waals surface area contributed by atoms with Gasteiger partial charge >= 0.3 is 0 Å². The smallest absolute Gasteiger partial charge is 0.0223 e. The molecule has 0 spiro atoms. The summed E-state index contributed by atoms with van der Waals surface area (Å²) in [6, 6.07) is 0.282. The van der Waals surface area contributed by atoms with Crippen LogP contribution < -0.4 is 5.73 Å². The maximum Gasteiger partial charge on any atom is 0.0223 e. The molecular formula is C7H15N. The molecule has 0 amide bonds. The SMILES string of the molecule is C/C=C/C(N)CCC. The van der Waals surface area contributed by atoms with Crippen molar-refractivity contribution in [1.29, 1.82) is 0 Å². The predicted octanol–water partition coefficient (Wildman–Crippen LogP) is 1.69. The van der Waals surface area contributed by atoms with Crippen molar-refractivity contribution < 1.29 is 0 Å². The van der Waals surface area contributed by atoms with Gasteiger partial charge in [-0.05, 0) is 13.3 Å². The van der Waals surface area contributed by atoms with Gasteiger partial charge in [-0.3, -0.25) is 0 Å². The normalized spacial score (nSPS) is 14.9. The van der Waals surface area contributed by atoms with Crippen LogP contribution in [0.4, 0.5) is 0 Å². The van der Waals surface area contributed by atoms with Gasteiger partial charge in [-0.1, -0.05) is 25.5 Å². The van der Waals surface area contributed by atoms with E-state index >= 15 is 0 Å². The van der Waals surface area contributed by atoms with E-state index in [1.807, 2.05) is 19.1 Å². The molecule has 0 aliphatic heterocycles. The lowest BCUT2D eigenvalue weighted by Crippen LogP contribution is -2.15.